The van der Waals surface area contributed by atoms with Crippen molar-refractivity contribution in [3.05, 3.63) is 54.1 Å². The lowest BCUT2D eigenvalue weighted by Crippen LogP contribution is -2.35. The summed E-state index contributed by atoms with van der Waals surface area (Å²) in [5.41, 5.74) is 1.93. The van der Waals surface area contributed by atoms with E-state index in [1.807, 2.05) is 55.5 Å². The highest BCUT2D eigenvalue weighted by Crippen LogP contribution is 2.31. The number of amides is 1. The molecule has 0 aromatic heterocycles. The van der Waals surface area contributed by atoms with Gasteiger partial charge in [-0.2, -0.15) is 0 Å². The Bertz CT molecular complexity index is 685. The number of benzene rings is 2. The van der Waals surface area contributed by atoms with Gasteiger partial charge in [-0.15, -0.1) is 0 Å². The highest BCUT2D eigenvalue weighted by atomic mass is 16.5. The molecule has 1 heterocycles. The van der Waals surface area contributed by atoms with Crippen molar-refractivity contribution in [3.8, 4) is 11.5 Å². The summed E-state index contributed by atoms with van der Waals surface area (Å²) in [4.78, 5) is 12.2. The van der Waals surface area contributed by atoms with Crippen molar-refractivity contribution in [2.45, 2.75) is 19.4 Å². The SMILES string of the molecule is CCOc1ccc(NCC(=O)NC2CCOc3ccccc32)cc1. The normalized spacial score (nSPS) is 15.8. The maximum atomic E-state index is 12.2. The molecule has 0 saturated carbocycles. The molecule has 0 bridgehead atoms. The van der Waals surface area contributed by atoms with E-state index in [1.165, 1.54) is 0 Å². The van der Waals surface area contributed by atoms with Crippen LogP contribution in [-0.4, -0.2) is 25.7 Å². The van der Waals surface area contributed by atoms with Crippen LogP contribution in [0.5, 0.6) is 11.5 Å². The average molecular weight is 326 g/mol. The molecule has 3 rings (SSSR count). The number of para-hydroxylation sites is 1. The Morgan fingerprint density at radius 3 is 2.79 bits per heavy atom. The van der Waals surface area contributed by atoms with E-state index in [4.69, 9.17) is 9.47 Å². The van der Waals surface area contributed by atoms with E-state index >= 15 is 0 Å². The predicted molar refractivity (Wildman–Crippen MR) is 93.5 cm³/mol. The van der Waals surface area contributed by atoms with Gasteiger partial charge in [-0.25, -0.2) is 0 Å². The topological polar surface area (TPSA) is 59.6 Å². The van der Waals surface area contributed by atoms with Crippen molar-refractivity contribution in [1.29, 1.82) is 0 Å². The minimum atomic E-state index is -0.0365. The van der Waals surface area contributed by atoms with Crippen LogP contribution < -0.4 is 20.1 Å². The van der Waals surface area contributed by atoms with Crippen molar-refractivity contribution in [3.63, 3.8) is 0 Å². The molecule has 1 atom stereocenters. The Kier molecular flexibility index (Phi) is 5.21. The van der Waals surface area contributed by atoms with E-state index in [1.54, 1.807) is 0 Å². The van der Waals surface area contributed by atoms with Crippen LogP contribution in [0.2, 0.25) is 0 Å². The maximum absolute atomic E-state index is 12.2. The molecule has 24 heavy (non-hydrogen) atoms. The summed E-state index contributed by atoms with van der Waals surface area (Å²) < 4.78 is 11.0. The first-order valence-corrected chi connectivity index (χ1v) is 8.24. The van der Waals surface area contributed by atoms with Crippen LogP contribution in [0.1, 0.15) is 24.9 Å². The Labute approximate surface area is 142 Å². The van der Waals surface area contributed by atoms with Crippen LogP contribution in [0.25, 0.3) is 0 Å². The standard InChI is InChI=1S/C19H22N2O3/c1-2-23-15-9-7-14(8-10-15)20-13-19(22)21-17-11-12-24-18-6-4-3-5-16(17)18/h3-10,17,20H,2,11-13H2,1H3,(H,21,22). The van der Waals surface area contributed by atoms with Crippen LogP contribution in [0.4, 0.5) is 5.69 Å². The van der Waals surface area contributed by atoms with E-state index in [0.717, 1.165) is 29.2 Å². The molecule has 5 nitrogen and oxygen atoms in total. The lowest BCUT2D eigenvalue weighted by atomic mass is 10.0. The Balaban J connectivity index is 1.53. The molecule has 5 heteroatoms. The highest BCUT2D eigenvalue weighted by Gasteiger charge is 2.22. The second-order valence-electron chi connectivity index (χ2n) is 5.61. The van der Waals surface area contributed by atoms with Gasteiger partial charge in [0.05, 0.1) is 25.8 Å². The lowest BCUT2D eigenvalue weighted by molar-refractivity contribution is -0.120. The number of fused-ring (bicyclic) bond motifs is 1. The third-order valence-corrected chi connectivity index (χ3v) is 3.91. The minimum absolute atomic E-state index is 0.00424. The quantitative estimate of drug-likeness (QED) is 0.856. The number of carbonyl (C=O) groups is 1. The fourth-order valence-corrected chi connectivity index (χ4v) is 2.76. The number of anilines is 1. The van der Waals surface area contributed by atoms with E-state index < -0.39 is 0 Å². The molecule has 0 aliphatic carbocycles. The monoisotopic (exact) mass is 326 g/mol. The van der Waals surface area contributed by atoms with Crippen LogP contribution in [0, 0.1) is 0 Å². The molecule has 0 fully saturated rings. The summed E-state index contributed by atoms with van der Waals surface area (Å²) in [5, 5.41) is 6.20. The second kappa shape index (κ2) is 7.73. The van der Waals surface area contributed by atoms with Gasteiger partial charge in [0.15, 0.2) is 0 Å². The number of hydrogen-bond acceptors (Lipinski definition) is 4. The van der Waals surface area contributed by atoms with E-state index in [2.05, 4.69) is 10.6 Å². The summed E-state index contributed by atoms with van der Waals surface area (Å²) >= 11 is 0. The van der Waals surface area contributed by atoms with Crippen LogP contribution in [0.15, 0.2) is 48.5 Å². The number of ether oxygens (including phenoxy) is 2. The maximum Gasteiger partial charge on any atom is 0.239 e. The molecule has 2 aromatic rings. The van der Waals surface area contributed by atoms with Gasteiger partial charge in [-0.3, -0.25) is 4.79 Å². The van der Waals surface area contributed by atoms with Gasteiger partial charge in [-0.05, 0) is 37.3 Å². The summed E-state index contributed by atoms with van der Waals surface area (Å²) in [6.45, 7) is 3.44. The molecule has 126 valence electrons. The van der Waals surface area contributed by atoms with Crippen molar-refractivity contribution >= 4 is 11.6 Å². The average Bonchev–Trinajstić information content (AvgIpc) is 2.62. The molecule has 1 unspecified atom stereocenters. The zero-order chi connectivity index (χ0) is 16.8. The van der Waals surface area contributed by atoms with Gasteiger partial charge in [-0.1, -0.05) is 18.2 Å². The van der Waals surface area contributed by atoms with E-state index in [-0.39, 0.29) is 18.5 Å². The van der Waals surface area contributed by atoms with Gasteiger partial charge in [0.2, 0.25) is 5.91 Å². The highest BCUT2D eigenvalue weighted by molar-refractivity contribution is 5.81. The summed E-state index contributed by atoms with van der Waals surface area (Å²) in [5.74, 6) is 1.64. The number of hydrogen-bond donors (Lipinski definition) is 2. The van der Waals surface area contributed by atoms with Crippen LogP contribution >= 0.6 is 0 Å². The first-order chi connectivity index (χ1) is 11.8. The van der Waals surface area contributed by atoms with E-state index in [0.29, 0.717) is 13.2 Å². The van der Waals surface area contributed by atoms with Gasteiger partial charge < -0.3 is 20.1 Å². The second-order valence-corrected chi connectivity index (χ2v) is 5.61. The molecule has 2 aromatic carbocycles. The van der Waals surface area contributed by atoms with Crippen LogP contribution in [0.3, 0.4) is 0 Å². The summed E-state index contributed by atoms with van der Waals surface area (Å²) in [6.07, 6.45) is 0.784. The number of nitrogens with one attached hydrogen (secondary N) is 2. The third-order valence-electron chi connectivity index (χ3n) is 3.91. The number of carbonyl (C=O) groups excluding carboxylic acids is 1. The van der Waals surface area contributed by atoms with Crippen molar-refractivity contribution < 1.29 is 14.3 Å². The molecule has 0 radical (unpaired) electrons. The predicted octanol–water partition coefficient (Wildman–Crippen LogP) is 3.14. The smallest absolute Gasteiger partial charge is 0.239 e. The van der Waals surface area contributed by atoms with Gasteiger partial charge in [0.25, 0.3) is 0 Å². The van der Waals surface area contributed by atoms with Crippen molar-refractivity contribution in [2.75, 3.05) is 25.1 Å². The molecule has 0 spiro atoms. The van der Waals surface area contributed by atoms with Gasteiger partial charge in [0, 0.05) is 17.7 Å². The third kappa shape index (κ3) is 3.98. The van der Waals surface area contributed by atoms with E-state index in [9.17, 15) is 4.79 Å². The minimum Gasteiger partial charge on any atom is -0.494 e. The molecule has 1 aliphatic heterocycles. The van der Waals surface area contributed by atoms with Gasteiger partial charge >= 0.3 is 0 Å². The Morgan fingerprint density at radius 2 is 2.00 bits per heavy atom. The Morgan fingerprint density at radius 1 is 1.21 bits per heavy atom. The first kappa shape index (κ1) is 16.2. The largest absolute Gasteiger partial charge is 0.494 e. The molecular weight excluding hydrogens is 304 g/mol. The zero-order valence-corrected chi connectivity index (χ0v) is 13.7. The zero-order valence-electron chi connectivity index (χ0n) is 13.7. The summed E-state index contributed by atoms with van der Waals surface area (Å²) in [7, 11) is 0. The molecule has 1 aliphatic rings. The Hall–Kier alpha value is -2.69. The molecule has 1 amide bonds. The lowest BCUT2D eigenvalue weighted by Gasteiger charge is -2.26. The molecular formula is C19H22N2O3. The van der Waals surface area contributed by atoms with Crippen molar-refractivity contribution in [1.82, 2.24) is 5.32 Å². The number of rotatable bonds is 6. The fraction of sp³-hybridized carbons (Fsp3) is 0.316. The summed E-state index contributed by atoms with van der Waals surface area (Å²) in [6, 6.07) is 15.4. The fourth-order valence-electron chi connectivity index (χ4n) is 2.76. The van der Waals surface area contributed by atoms with Gasteiger partial charge in [0.1, 0.15) is 11.5 Å². The first-order valence-electron chi connectivity index (χ1n) is 8.24. The van der Waals surface area contributed by atoms with Crippen LogP contribution in [-0.2, 0) is 4.79 Å². The van der Waals surface area contributed by atoms with Crippen molar-refractivity contribution in [2.24, 2.45) is 0 Å². The molecule has 0 saturated heterocycles. The molecule has 2 N–H and O–H groups in total.